The molecule has 0 aliphatic heterocycles. The highest BCUT2D eigenvalue weighted by atomic mass is 79.9. The summed E-state index contributed by atoms with van der Waals surface area (Å²) < 4.78 is 6.04. The molecule has 0 heterocycles. The Bertz CT molecular complexity index is 805. The predicted molar refractivity (Wildman–Crippen MR) is 112 cm³/mol. The van der Waals surface area contributed by atoms with E-state index in [9.17, 15) is 9.59 Å². The van der Waals surface area contributed by atoms with Gasteiger partial charge < -0.3 is 15.0 Å². The van der Waals surface area contributed by atoms with E-state index in [1.54, 1.807) is 26.2 Å². The third-order valence-corrected chi connectivity index (χ3v) is 5.13. The average Bonchev–Trinajstić information content (AvgIpc) is 2.66. The molecule has 2 rings (SSSR count). The number of ether oxygens (including phenoxy) is 1. The van der Waals surface area contributed by atoms with E-state index in [4.69, 9.17) is 4.74 Å². The summed E-state index contributed by atoms with van der Waals surface area (Å²) >= 11 is 3.50. The molecule has 2 aromatic rings. The van der Waals surface area contributed by atoms with Gasteiger partial charge in [-0.2, -0.15) is 0 Å². The van der Waals surface area contributed by atoms with Gasteiger partial charge in [-0.15, -0.1) is 0 Å². The standard InChI is InChI=1S/C21H27BrN2O3/c1-4-5-6-7-8-13-23-20(25)16-9-11-17-15(14-16)10-12-18(19(17)22)27-21(26)24(2)3/h9-12,14H,4-8,13H2,1-3H3,(H,23,25). The second-order valence-electron chi connectivity index (χ2n) is 6.75. The van der Waals surface area contributed by atoms with Crippen molar-refractivity contribution in [3.05, 3.63) is 40.4 Å². The minimum Gasteiger partial charge on any atom is -0.409 e. The van der Waals surface area contributed by atoms with Gasteiger partial charge in [0.1, 0.15) is 5.75 Å². The fraction of sp³-hybridized carbons (Fsp3) is 0.429. The van der Waals surface area contributed by atoms with Crippen molar-refractivity contribution in [3.63, 3.8) is 0 Å². The number of halogens is 1. The van der Waals surface area contributed by atoms with Gasteiger partial charge in [-0.05, 0) is 51.3 Å². The summed E-state index contributed by atoms with van der Waals surface area (Å²) in [5.74, 6) is 0.386. The van der Waals surface area contributed by atoms with Gasteiger partial charge >= 0.3 is 6.09 Å². The molecule has 5 nitrogen and oxygen atoms in total. The van der Waals surface area contributed by atoms with Crippen molar-refractivity contribution in [3.8, 4) is 5.75 Å². The minimum atomic E-state index is -0.440. The molecule has 146 valence electrons. The summed E-state index contributed by atoms with van der Waals surface area (Å²) in [6.07, 6.45) is 5.40. The third-order valence-electron chi connectivity index (χ3n) is 4.31. The third kappa shape index (κ3) is 5.96. The van der Waals surface area contributed by atoms with E-state index < -0.39 is 6.09 Å². The summed E-state index contributed by atoms with van der Waals surface area (Å²) in [6, 6.07) is 9.08. The summed E-state index contributed by atoms with van der Waals surface area (Å²) in [5, 5.41) is 4.77. The number of carbonyl (C=O) groups is 2. The van der Waals surface area contributed by atoms with Crippen molar-refractivity contribution in [2.75, 3.05) is 20.6 Å². The lowest BCUT2D eigenvalue weighted by Gasteiger charge is -2.13. The molecule has 0 bridgehead atoms. The number of benzene rings is 2. The lowest BCUT2D eigenvalue weighted by molar-refractivity contribution is 0.0953. The Morgan fingerprint density at radius 3 is 2.52 bits per heavy atom. The van der Waals surface area contributed by atoms with E-state index in [1.165, 1.54) is 24.2 Å². The number of hydrogen-bond acceptors (Lipinski definition) is 3. The molecular weight excluding hydrogens is 408 g/mol. The number of unbranched alkanes of at least 4 members (excludes halogenated alkanes) is 4. The Morgan fingerprint density at radius 1 is 1.07 bits per heavy atom. The summed E-state index contributed by atoms with van der Waals surface area (Å²) in [5.41, 5.74) is 0.626. The maximum absolute atomic E-state index is 12.4. The molecule has 0 fully saturated rings. The highest BCUT2D eigenvalue weighted by Gasteiger charge is 2.13. The van der Waals surface area contributed by atoms with Crippen LogP contribution in [-0.4, -0.2) is 37.5 Å². The largest absolute Gasteiger partial charge is 0.414 e. The summed E-state index contributed by atoms with van der Waals surface area (Å²) in [6.45, 7) is 2.89. The number of nitrogens with one attached hydrogen (secondary N) is 1. The number of hydrogen-bond donors (Lipinski definition) is 1. The van der Waals surface area contributed by atoms with Crippen LogP contribution in [0.15, 0.2) is 34.8 Å². The molecule has 0 aliphatic rings. The van der Waals surface area contributed by atoms with Crippen LogP contribution < -0.4 is 10.1 Å². The molecule has 2 aromatic carbocycles. The molecule has 27 heavy (non-hydrogen) atoms. The van der Waals surface area contributed by atoms with E-state index in [2.05, 4.69) is 28.2 Å². The maximum atomic E-state index is 12.4. The second kappa shape index (κ2) is 10.3. The maximum Gasteiger partial charge on any atom is 0.414 e. The minimum absolute atomic E-state index is 0.0633. The Labute approximate surface area is 169 Å². The van der Waals surface area contributed by atoms with Crippen molar-refractivity contribution in [1.82, 2.24) is 10.2 Å². The molecule has 0 radical (unpaired) electrons. The number of amides is 2. The lowest BCUT2D eigenvalue weighted by atomic mass is 10.1. The van der Waals surface area contributed by atoms with Crippen LogP contribution in [-0.2, 0) is 0 Å². The lowest BCUT2D eigenvalue weighted by Crippen LogP contribution is -2.25. The molecule has 2 amide bonds. The van der Waals surface area contributed by atoms with Crippen LogP contribution in [0.5, 0.6) is 5.75 Å². The van der Waals surface area contributed by atoms with Gasteiger partial charge in [-0.1, -0.05) is 44.7 Å². The fourth-order valence-electron chi connectivity index (χ4n) is 2.71. The van der Waals surface area contributed by atoms with Gasteiger partial charge in [-0.3, -0.25) is 4.79 Å². The van der Waals surface area contributed by atoms with E-state index in [0.717, 1.165) is 23.6 Å². The topological polar surface area (TPSA) is 58.6 Å². The van der Waals surface area contributed by atoms with Gasteiger partial charge in [0.25, 0.3) is 5.91 Å². The van der Waals surface area contributed by atoms with E-state index in [1.807, 2.05) is 18.2 Å². The van der Waals surface area contributed by atoms with Crippen LogP contribution in [0.25, 0.3) is 10.8 Å². The molecule has 0 aliphatic carbocycles. The highest BCUT2D eigenvalue weighted by Crippen LogP contribution is 2.34. The monoisotopic (exact) mass is 434 g/mol. The first-order valence-electron chi connectivity index (χ1n) is 9.33. The van der Waals surface area contributed by atoms with E-state index in [0.29, 0.717) is 22.3 Å². The fourth-order valence-corrected chi connectivity index (χ4v) is 3.28. The zero-order valence-corrected chi connectivity index (χ0v) is 17.8. The number of rotatable bonds is 8. The SMILES string of the molecule is CCCCCCCNC(=O)c1ccc2c(Br)c(OC(=O)N(C)C)ccc2c1. The Morgan fingerprint density at radius 2 is 1.81 bits per heavy atom. The van der Waals surface area contributed by atoms with Gasteiger partial charge in [-0.25, -0.2) is 4.79 Å². The van der Waals surface area contributed by atoms with Crippen molar-refractivity contribution >= 4 is 38.7 Å². The molecule has 6 heteroatoms. The van der Waals surface area contributed by atoms with Crippen LogP contribution in [0, 0.1) is 0 Å². The zero-order chi connectivity index (χ0) is 19.8. The van der Waals surface area contributed by atoms with Crippen LogP contribution >= 0.6 is 15.9 Å². The molecular formula is C21H27BrN2O3. The highest BCUT2D eigenvalue weighted by molar-refractivity contribution is 9.10. The first-order chi connectivity index (χ1) is 12.9. The quantitative estimate of drug-likeness (QED) is 0.568. The van der Waals surface area contributed by atoms with Crippen LogP contribution in [0.2, 0.25) is 0 Å². The molecule has 0 saturated carbocycles. The van der Waals surface area contributed by atoms with Crippen LogP contribution in [0.4, 0.5) is 4.79 Å². The van der Waals surface area contributed by atoms with Crippen LogP contribution in [0.3, 0.4) is 0 Å². The van der Waals surface area contributed by atoms with Crippen molar-refractivity contribution in [1.29, 1.82) is 0 Å². The number of carbonyl (C=O) groups excluding carboxylic acids is 2. The Hall–Kier alpha value is -2.08. The van der Waals surface area contributed by atoms with Gasteiger partial charge in [0, 0.05) is 26.2 Å². The molecule has 1 N–H and O–H groups in total. The van der Waals surface area contributed by atoms with Crippen LogP contribution in [0.1, 0.15) is 49.4 Å². The van der Waals surface area contributed by atoms with Crippen molar-refractivity contribution in [2.24, 2.45) is 0 Å². The smallest absolute Gasteiger partial charge is 0.409 e. The molecule has 0 unspecified atom stereocenters. The predicted octanol–water partition coefficient (Wildman–Crippen LogP) is 5.36. The summed E-state index contributed by atoms with van der Waals surface area (Å²) in [4.78, 5) is 25.5. The molecule has 0 atom stereocenters. The van der Waals surface area contributed by atoms with Crippen molar-refractivity contribution in [2.45, 2.75) is 39.0 Å². The Balaban J connectivity index is 2.04. The van der Waals surface area contributed by atoms with Crippen molar-refractivity contribution < 1.29 is 14.3 Å². The first-order valence-corrected chi connectivity index (χ1v) is 10.1. The number of fused-ring (bicyclic) bond motifs is 1. The first kappa shape index (κ1) is 21.2. The number of nitrogens with zero attached hydrogens (tertiary/aromatic N) is 1. The van der Waals surface area contributed by atoms with Gasteiger partial charge in [0.2, 0.25) is 0 Å². The van der Waals surface area contributed by atoms with E-state index >= 15 is 0 Å². The Kier molecular flexibility index (Phi) is 8.10. The normalized spacial score (nSPS) is 10.7. The average molecular weight is 435 g/mol. The second-order valence-corrected chi connectivity index (χ2v) is 7.54. The molecule has 0 aromatic heterocycles. The molecule has 0 spiro atoms. The van der Waals surface area contributed by atoms with Gasteiger partial charge in [0.15, 0.2) is 0 Å². The zero-order valence-electron chi connectivity index (χ0n) is 16.2. The van der Waals surface area contributed by atoms with E-state index in [-0.39, 0.29) is 5.91 Å². The molecule has 0 saturated heterocycles. The summed E-state index contributed by atoms with van der Waals surface area (Å²) in [7, 11) is 3.26. The van der Waals surface area contributed by atoms with Gasteiger partial charge in [0.05, 0.1) is 4.47 Å².